The lowest BCUT2D eigenvalue weighted by Gasteiger charge is -2.29. The van der Waals surface area contributed by atoms with Gasteiger partial charge in [-0.25, -0.2) is 0 Å². The molecule has 21 heavy (non-hydrogen) atoms. The fourth-order valence-electron chi connectivity index (χ4n) is 2.07. The van der Waals surface area contributed by atoms with Crippen LogP contribution in [0.1, 0.15) is 6.92 Å². The number of nitrogens with one attached hydrogen (secondary N) is 1. The van der Waals surface area contributed by atoms with E-state index >= 15 is 0 Å². The number of amides is 2. The largest absolute Gasteiger partial charge is 0.484 e. The Labute approximate surface area is 124 Å². The third-order valence-electron chi connectivity index (χ3n) is 3.18. The van der Waals surface area contributed by atoms with Gasteiger partial charge in [0.2, 0.25) is 5.91 Å². The molecule has 6 nitrogen and oxygen atoms in total. The lowest BCUT2D eigenvalue weighted by Crippen LogP contribution is -2.51. The van der Waals surface area contributed by atoms with Crippen molar-refractivity contribution in [2.45, 2.75) is 13.0 Å². The number of rotatable bonds is 5. The van der Waals surface area contributed by atoms with Crippen molar-refractivity contribution in [3.05, 3.63) is 30.3 Å². The smallest absolute Gasteiger partial charge is 0.258 e. The maximum absolute atomic E-state index is 12.1. The summed E-state index contributed by atoms with van der Waals surface area (Å²) in [6, 6.07) is 8.52. The van der Waals surface area contributed by atoms with Crippen molar-refractivity contribution in [1.29, 1.82) is 0 Å². The molecule has 1 heterocycles. The SMILES string of the molecule is C[C@@H](NC(=O)COc1ccccc1)C(=O)N1CCOCC1. The van der Waals surface area contributed by atoms with Crippen molar-refractivity contribution in [1.82, 2.24) is 10.2 Å². The minimum absolute atomic E-state index is 0.0913. The molecule has 2 amide bonds. The minimum Gasteiger partial charge on any atom is -0.484 e. The summed E-state index contributed by atoms with van der Waals surface area (Å²) < 4.78 is 10.5. The van der Waals surface area contributed by atoms with Gasteiger partial charge < -0.3 is 19.7 Å². The van der Waals surface area contributed by atoms with E-state index < -0.39 is 6.04 Å². The van der Waals surface area contributed by atoms with E-state index in [0.717, 1.165) is 0 Å². The summed E-state index contributed by atoms with van der Waals surface area (Å²) in [5.74, 6) is 0.221. The highest BCUT2D eigenvalue weighted by Crippen LogP contribution is 2.07. The predicted molar refractivity (Wildman–Crippen MR) is 76.9 cm³/mol. The van der Waals surface area contributed by atoms with E-state index in [0.29, 0.717) is 32.1 Å². The molecule has 1 atom stereocenters. The summed E-state index contributed by atoms with van der Waals surface area (Å²) in [7, 11) is 0. The Hall–Kier alpha value is -2.08. The van der Waals surface area contributed by atoms with E-state index in [2.05, 4.69) is 5.32 Å². The van der Waals surface area contributed by atoms with Gasteiger partial charge in [-0.3, -0.25) is 9.59 Å². The Morgan fingerprint density at radius 2 is 1.95 bits per heavy atom. The highest BCUT2D eigenvalue weighted by molar-refractivity contribution is 5.87. The maximum atomic E-state index is 12.1. The minimum atomic E-state index is -0.560. The molecular formula is C15H20N2O4. The number of carbonyl (C=O) groups excluding carboxylic acids is 2. The Morgan fingerprint density at radius 1 is 1.29 bits per heavy atom. The monoisotopic (exact) mass is 292 g/mol. The highest BCUT2D eigenvalue weighted by atomic mass is 16.5. The van der Waals surface area contributed by atoms with Gasteiger partial charge in [0.1, 0.15) is 11.8 Å². The first-order valence-electron chi connectivity index (χ1n) is 7.00. The van der Waals surface area contributed by atoms with Crippen molar-refractivity contribution in [2.75, 3.05) is 32.9 Å². The Balaban J connectivity index is 1.74. The molecule has 0 spiro atoms. The summed E-state index contributed by atoms with van der Waals surface area (Å²) in [4.78, 5) is 25.6. The molecule has 1 saturated heterocycles. The molecule has 1 aromatic carbocycles. The number of benzene rings is 1. The third-order valence-corrected chi connectivity index (χ3v) is 3.18. The Bertz CT molecular complexity index is 472. The first-order chi connectivity index (χ1) is 10.2. The van der Waals surface area contributed by atoms with Gasteiger partial charge in [0.25, 0.3) is 5.91 Å². The van der Waals surface area contributed by atoms with Crippen LogP contribution in [0, 0.1) is 0 Å². The zero-order valence-electron chi connectivity index (χ0n) is 12.1. The molecule has 0 aliphatic carbocycles. The van der Waals surface area contributed by atoms with Crippen LogP contribution < -0.4 is 10.1 Å². The van der Waals surface area contributed by atoms with Gasteiger partial charge in [-0.1, -0.05) is 18.2 Å². The fourth-order valence-corrected chi connectivity index (χ4v) is 2.07. The molecule has 1 aliphatic heterocycles. The average molecular weight is 292 g/mol. The van der Waals surface area contributed by atoms with E-state index in [1.807, 2.05) is 18.2 Å². The first kappa shape index (κ1) is 15.3. The second-order valence-electron chi connectivity index (χ2n) is 4.83. The third kappa shape index (κ3) is 4.75. The summed E-state index contributed by atoms with van der Waals surface area (Å²) in [5.41, 5.74) is 0. The van der Waals surface area contributed by atoms with Crippen LogP contribution >= 0.6 is 0 Å². The molecule has 1 N–H and O–H groups in total. The van der Waals surface area contributed by atoms with Crippen molar-refractivity contribution in [3.8, 4) is 5.75 Å². The lowest BCUT2D eigenvalue weighted by atomic mass is 10.2. The second kappa shape index (κ2) is 7.64. The van der Waals surface area contributed by atoms with Gasteiger partial charge >= 0.3 is 0 Å². The number of morpholine rings is 1. The topological polar surface area (TPSA) is 67.9 Å². The number of hydrogen-bond donors (Lipinski definition) is 1. The lowest BCUT2D eigenvalue weighted by molar-refractivity contribution is -0.139. The van der Waals surface area contributed by atoms with Crippen LogP contribution in [0.25, 0.3) is 0 Å². The van der Waals surface area contributed by atoms with Crippen molar-refractivity contribution in [2.24, 2.45) is 0 Å². The number of para-hydroxylation sites is 1. The molecule has 0 saturated carbocycles. The second-order valence-corrected chi connectivity index (χ2v) is 4.83. The van der Waals surface area contributed by atoms with E-state index in [4.69, 9.17) is 9.47 Å². The quantitative estimate of drug-likeness (QED) is 0.854. The van der Waals surface area contributed by atoms with E-state index in [1.165, 1.54) is 0 Å². The molecule has 1 fully saturated rings. The average Bonchev–Trinajstić information content (AvgIpc) is 2.54. The van der Waals surface area contributed by atoms with Crippen molar-refractivity contribution in [3.63, 3.8) is 0 Å². The number of ether oxygens (including phenoxy) is 2. The van der Waals surface area contributed by atoms with Gasteiger partial charge in [0.05, 0.1) is 13.2 Å². The molecule has 114 valence electrons. The summed E-state index contributed by atoms with van der Waals surface area (Å²) in [5, 5.41) is 2.65. The van der Waals surface area contributed by atoms with Gasteiger partial charge in [-0.05, 0) is 19.1 Å². The zero-order valence-corrected chi connectivity index (χ0v) is 12.1. The molecule has 0 radical (unpaired) electrons. The van der Waals surface area contributed by atoms with Crippen LogP contribution in [0.2, 0.25) is 0 Å². The number of hydrogen-bond acceptors (Lipinski definition) is 4. The Morgan fingerprint density at radius 3 is 2.62 bits per heavy atom. The van der Waals surface area contributed by atoms with Crippen LogP contribution in [0.15, 0.2) is 30.3 Å². The summed E-state index contributed by atoms with van der Waals surface area (Å²) in [6.45, 7) is 3.80. The molecule has 2 rings (SSSR count). The van der Waals surface area contributed by atoms with Crippen LogP contribution in [0.3, 0.4) is 0 Å². The molecule has 0 unspecified atom stereocenters. The standard InChI is InChI=1S/C15H20N2O4/c1-12(15(19)17-7-9-20-10-8-17)16-14(18)11-21-13-5-3-2-4-6-13/h2-6,12H,7-11H2,1H3,(H,16,18)/t12-/m1/s1. The molecule has 0 bridgehead atoms. The van der Waals surface area contributed by atoms with Crippen molar-refractivity contribution >= 4 is 11.8 Å². The maximum Gasteiger partial charge on any atom is 0.258 e. The van der Waals surface area contributed by atoms with E-state index in [9.17, 15) is 9.59 Å². The van der Waals surface area contributed by atoms with Crippen LogP contribution in [0.4, 0.5) is 0 Å². The highest BCUT2D eigenvalue weighted by Gasteiger charge is 2.23. The molecular weight excluding hydrogens is 272 g/mol. The van der Waals surface area contributed by atoms with E-state index in [-0.39, 0.29) is 18.4 Å². The van der Waals surface area contributed by atoms with Gasteiger partial charge in [0, 0.05) is 13.1 Å². The zero-order chi connectivity index (χ0) is 15.1. The number of carbonyl (C=O) groups is 2. The molecule has 0 aromatic heterocycles. The summed E-state index contributed by atoms with van der Waals surface area (Å²) in [6.07, 6.45) is 0. The molecule has 1 aromatic rings. The summed E-state index contributed by atoms with van der Waals surface area (Å²) >= 11 is 0. The van der Waals surface area contributed by atoms with Gasteiger partial charge in [0.15, 0.2) is 6.61 Å². The van der Waals surface area contributed by atoms with Gasteiger partial charge in [-0.2, -0.15) is 0 Å². The number of nitrogens with zero attached hydrogens (tertiary/aromatic N) is 1. The normalized spacial score (nSPS) is 16.1. The first-order valence-corrected chi connectivity index (χ1v) is 7.00. The van der Waals surface area contributed by atoms with E-state index in [1.54, 1.807) is 24.0 Å². The van der Waals surface area contributed by atoms with Crippen LogP contribution in [-0.4, -0.2) is 55.7 Å². The molecule has 6 heteroatoms. The predicted octanol–water partition coefficient (Wildman–Crippen LogP) is 0.429. The Kier molecular flexibility index (Phi) is 5.57. The van der Waals surface area contributed by atoms with Crippen LogP contribution in [-0.2, 0) is 14.3 Å². The molecule has 1 aliphatic rings. The van der Waals surface area contributed by atoms with Crippen molar-refractivity contribution < 1.29 is 19.1 Å². The van der Waals surface area contributed by atoms with Crippen LogP contribution in [0.5, 0.6) is 5.75 Å². The fraction of sp³-hybridized carbons (Fsp3) is 0.467. The van der Waals surface area contributed by atoms with Gasteiger partial charge in [-0.15, -0.1) is 0 Å².